The Morgan fingerprint density at radius 1 is 1.29 bits per heavy atom. The van der Waals surface area contributed by atoms with Crippen molar-refractivity contribution in [1.82, 2.24) is 4.31 Å². The van der Waals surface area contributed by atoms with Crippen LogP contribution in [0.15, 0.2) is 23.1 Å². The third-order valence-corrected chi connectivity index (χ3v) is 5.26. The minimum atomic E-state index is -3.58. The summed E-state index contributed by atoms with van der Waals surface area (Å²) in [7, 11) is -3.58. The lowest BCUT2D eigenvalue weighted by Gasteiger charge is -2.15. The zero-order valence-corrected chi connectivity index (χ0v) is 11.1. The maximum absolute atomic E-state index is 12.2. The number of halogens is 2. The van der Waals surface area contributed by atoms with Crippen molar-refractivity contribution < 1.29 is 13.5 Å². The molecule has 1 atom stereocenters. The van der Waals surface area contributed by atoms with Crippen LogP contribution < -0.4 is 0 Å². The van der Waals surface area contributed by atoms with Gasteiger partial charge in [-0.2, -0.15) is 4.31 Å². The number of aliphatic hydroxyl groups is 1. The second kappa shape index (κ2) is 4.74. The monoisotopic (exact) mass is 295 g/mol. The topological polar surface area (TPSA) is 57.6 Å². The van der Waals surface area contributed by atoms with Crippen molar-refractivity contribution in [2.75, 3.05) is 13.1 Å². The average Bonchev–Trinajstić information content (AvgIpc) is 2.69. The molecule has 0 unspecified atom stereocenters. The lowest BCUT2D eigenvalue weighted by molar-refractivity contribution is 0.189. The Morgan fingerprint density at radius 2 is 2.00 bits per heavy atom. The highest BCUT2D eigenvalue weighted by atomic mass is 35.5. The largest absolute Gasteiger partial charge is 0.392 e. The van der Waals surface area contributed by atoms with Crippen molar-refractivity contribution in [2.45, 2.75) is 17.4 Å². The van der Waals surface area contributed by atoms with Gasteiger partial charge >= 0.3 is 0 Å². The molecule has 0 aromatic heterocycles. The van der Waals surface area contributed by atoms with Gasteiger partial charge in [-0.1, -0.05) is 23.2 Å². The zero-order chi connectivity index (χ0) is 12.6. The van der Waals surface area contributed by atoms with Gasteiger partial charge in [0.25, 0.3) is 0 Å². The van der Waals surface area contributed by atoms with Crippen LogP contribution in [0.1, 0.15) is 6.42 Å². The molecule has 1 aromatic rings. The molecule has 0 saturated carbocycles. The average molecular weight is 296 g/mol. The maximum Gasteiger partial charge on any atom is 0.243 e. The van der Waals surface area contributed by atoms with Crippen LogP contribution in [0.5, 0.6) is 0 Å². The predicted molar refractivity (Wildman–Crippen MR) is 65.8 cm³/mol. The number of benzene rings is 1. The molecule has 0 radical (unpaired) electrons. The van der Waals surface area contributed by atoms with E-state index in [0.717, 1.165) is 0 Å². The summed E-state index contributed by atoms with van der Waals surface area (Å²) in [5, 5.41) is 9.87. The van der Waals surface area contributed by atoms with Crippen molar-refractivity contribution in [3.8, 4) is 0 Å². The molecule has 1 heterocycles. The first-order valence-corrected chi connectivity index (χ1v) is 7.24. The molecule has 0 aliphatic carbocycles. The molecule has 0 amide bonds. The molecule has 1 saturated heterocycles. The highest BCUT2D eigenvalue weighted by Gasteiger charge is 2.31. The Labute approximate surface area is 110 Å². The summed E-state index contributed by atoms with van der Waals surface area (Å²) in [6.07, 6.45) is -0.131. The Hall–Kier alpha value is -0.330. The molecule has 0 spiro atoms. The third kappa shape index (κ3) is 2.58. The van der Waals surface area contributed by atoms with Crippen molar-refractivity contribution in [2.24, 2.45) is 0 Å². The predicted octanol–water partition coefficient (Wildman–Crippen LogP) is 1.75. The van der Waals surface area contributed by atoms with Crippen LogP contribution in [0.3, 0.4) is 0 Å². The molecule has 94 valence electrons. The smallest absolute Gasteiger partial charge is 0.243 e. The van der Waals surface area contributed by atoms with Crippen molar-refractivity contribution in [3.05, 3.63) is 28.2 Å². The van der Waals surface area contributed by atoms with Gasteiger partial charge in [-0.15, -0.1) is 0 Å². The van der Waals surface area contributed by atoms with Crippen LogP contribution >= 0.6 is 23.2 Å². The number of hydrogen-bond donors (Lipinski definition) is 1. The number of aliphatic hydroxyl groups excluding tert-OH is 1. The van der Waals surface area contributed by atoms with E-state index in [0.29, 0.717) is 18.0 Å². The fraction of sp³-hybridized carbons (Fsp3) is 0.400. The summed E-state index contributed by atoms with van der Waals surface area (Å²) in [5.41, 5.74) is 0. The second-order valence-electron chi connectivity index (χ2n) is 3.88. The van der Waals surface area contributed by atoms with Gasteiger partial charge in [-0.3, -0.25) is 0 Å². The summed E-state index contributed by atoms with van der Waals surface area (Å²) >= 11 is 11.5. The fourth-order valence-corrected chi connectivity index (χ4v) is 3.60. The quantitative estimate of drug-likeness (QED) is 0.904. The summed E-state index contributed by atoms with van der Waals surface area (Å²) < 4.78 is 25.6. The van der Waals surface area contributed by atoms with E-state index < -0.39 is 16.1 Å². The van der Waals surface area contributed by atoms with Gasteiger partial charge in [0.1, 0.15) is 0 Å². The van der Waals surface area contributed by atoms with Crippen LogP contribution in [0.4, 0.5) is 0 Å². The van der Waals surface area contributed by atoms with Crippen LogP contribution in [-0.2, 0) is 10.0 Å². The van der Waals surface area contributed by atoms with E-state index >= 15 is 0 Å². The Morgan fingerprint density at radius 3 is 2.53 bits per heavy atom. The second-order valence-corrected chi connectivity index (χ2v) is 6.63. The fourth-order valence-electron chi connectivity index (χ4n) is 1.72. The number of β-amino-alcohol motifs (C(OH)–C–C–N with tert-alkyl or cyclic N) is 1. The Balaban J connectivity index is 2.35. The van der Waals surface area contributed by atoms with Gasteiger partial charge in [0.05, 0.1) is 21.0 Å². The summed E-state index contributed by atoms with van der Waals surface area (Å²) in [6.45, 7) is 0.451. The van der Waals surface area contributed by atoms with E-state index in [1.165, 1.54) is 22.5 Å². The Bertz CT molecular complexity index is 532. The van der Waals surface area contributed by atoms with Crippen molar-refractivity contribution >= 4 is 33.2 Å². The molecule has 17 heavy (non-hydrogen) atoms. The molecule has 1 N–H and O–H groups in total. The first-order valence-electron chi connectivity index (χ1n) is 5.04. The van der Waals surface area contributed by atoms with Crippen molar-refractivity contribution in [3.63, 3.8) is 0 Å². The van der Waals surface area contributed by atoms with Gasteiger partial charge in [0.2, 0.25) is 10.0 Å². The lowest BCUT2D eigenvalue weighted by atomic mass is 10.3. The normalized spacial score (nSPS) is 21.9. The number of hydrogen-bond acceptors (Lipinski definition) is 3. The molecular weight excluding hydrogens is 285 g/mol. The maximum atomic E-state index is 12.2. The first-order chi connectivity index (χ1) is 7.91. The van der Waals surface area contributed by atoms with Gasteiger partial charge in [0, 0.05) is 13.1 Å². The summed E-state index contributed by atoms with van der Waals surface area (Å²) in [5.74, 6) is 0. The number of rotatable bonds is 2. The molecule has 4 nitrogen and oxygen atoms in total. The minimum Gasteiger partial charge on any atom is -0.392 e. The van der Waals surface area contributed by atoms with Crippen LogP contribution in [0.2, 0.25) is 10.0 Å². The van der Waals surface area contributed by atoms with Gasteiger partial charge < -0.3 is 5.11 Å². The molecule has 7 heteroatoms. The third-order valence-electron chi connectivity index (χ3n) is 2.65. The molecular formula is C10H11Cl2NO3S. The van der Waals surface area contributed by atoms with E-state index in [4.69, 9.17) is 23.2 Å². The molecule has 0 bridgehead atoms. The summed E-state index contributed by atoms with van der Waals surface area (Å²) in [4.78, 5) is 0.0981. The molecule has 1 aliphatic heterocycles. The standard InChI is InChI=1S/C10H11Cl2NO3S/c11-9-2-1-8(5-10(9)12)17(15,16)13-4-3-7(14)6-13/h1-2,5,7,14H,3-4,6H2/t7-/m1/s1. The van der Waals surface area contributed by atoms with Gasteiger partial charge in [-0.05, 0) is 24.6 Å². The highest BCUT2D eigenvalue weighted by molar-refractivity contribution is 7.89. The van der Waals surface area contributed by atoms with Crippen LogP contribution in [-0.4, -0.2) is 37.0 Å². The van der Waals surface area contributed by atoms with E-state index in [2.05, 4.69) is 0 Å². The lowest BCUT2D eigenvalue weighted by Crippen LogP contribution is -2.29. The zero-order valence-electron chi connectivity index (χ0n) is 8.81. The molecule has 1 fully saturated rings. The van der Waals surface area contributed by atoms with Gasteiger partial charge in [0.15, 0.2) is 0 Å². The molecule has 1 aliphatic rings. The van der Waals surface area contributed by atoms with E-state index in [1.54, 1.807) is 0 Å². The highest BCUT2D eigenvalue weighted by Crippen LogP contribution is 2.27. The first kappa shape index (κ1) is 13.1. The van der Waals surface area contributed by atoms with Crippen molar-refractivity contribution in [1.29, 1.82) is 0 Å². The molecule has 1 aromatic carbocycles. The molecule has 2 rings (SSSR count). The summed E-state index contributed by atoms with van der Waals surface area (Å²) in [6, 6.07) is 4.18. The SMILES string of the molecule is O=S(=O)(c1ccc(Cl)c(Cl)c1)N1CC[C@@H](O)C1. The van der Waals surface area contributed by atoms with E-state index in [1.807, 2.05) is 0 Å². The van der Waals surface area contributed by atoms with E-state index in [9.17, 15) is 13.5 Å². The Kier molecular flexibility index (Phi) is 3.66. The van der Waals surface area contributed by atoms with E-state index in [-0.39, 0.29) is 16.5 Å². The minimum absolute atomic E-state index is 0.0981. The number of sulfonamides is 1. The number of nitrogens with zero attached hydrogens (tertiary/aromatic N) is 1. The van der Waals surface area contributed by atoms with Crippen LogP contribution in [0.25, 0.3) is 0 Å². The van der Waals surface area contributed by atoms with Gasteiger partial charge in [-0.25, -0.2) is 8.42 Å². The van der Waals surface area contributed by atoms with Crippen LogP contribution in [0, 0.1) is 0 Å².